The third kappa shape index (κ3) is 2.38. The van der Waals surface area contributed by atoms with E-state index in [0.717, 1.165) is 17.0 Å². The van der Waals surface area contributed by atoms with Gasteiger partial charge in [0.1, 0.15) is 5.65 Å². The van der Waals surface area contributed by atoms with E-state index in [2.05, 4.69) is 10.3 Å². The number of amides is 1. The van der Waals surface area contributed by atoms with Crippen molar-refractivity contribution in [3.8, 4) is 11.5 Å². The molecule has 6 nitrogen and oxygen atoms in total. The van der Waals surface area contributed by atoms with Crippen molar-refractivity contribution in [2.24, 2.45) is 0 Å². The maximum atomic E-state index is 12.3. The molecule has 0 saturated carbocycles. The first kappa shape index (κ1) is 13.6. The molecule has 0 fully saturated rings. The highest BCUT2D eigenvalue weighted by molar-refractivity contribution is 5.94. The zero-order valence-electron chi connectivity index (χ0n) is 12.6. The molecule has 0 unspecified atom stereocenters. The standard InChI is InChI=1S/C17H15N3O3/c1-11-13(20-7-3-2-4-16(20)19-11)9-18-17(21)12-5-6-14-15(8-12)23-10-22-14/h2-8H,9-10H2,1H3,(H,18,21). The molecule has 1 aliphatic rings. The summed E-state index contributed by atoms with van der Waals surface area (Å²) in [6.07, 6.45) is 1.94. The summed E-state index contributed by atoms with van der Waals surface area (Å²) in [7, 11) is 0. The topological polar surface area (TPSA) is 64.9 Å². The Labute approximate surface area is 132 Å². The maximum Gasteiger partial charge on any atom is 0.251 e. The highest BCUT2D eigenvalue weighted by Gasteiger charge is 2.16. The number of hydrogen-bond donors (Lipinski definition) is 1. The van der Waals surface area contributed by atoms with Crippen molar-refractivity contribution in [3.63, 3.8) is 0 Å². The molecule has 0 radical (unpaired) electrons. The number of aryl methyl sites for hydroxylation is 1. The summed E-state index contributed by atoms with van der Waals surface area (Å²) in [6.45, 7) is 2.54. The molecular formula is C17H15N3O3. The number of fused-ring (bicyclic) bond motifs is 2. The predicted octanol–water partition coefficient (Wildman–Crippen LogP) is 2.30. The Balaban J connectivity index is 1.54. The lowest BCUT2D eigenvalue weighted by Crippen LogP contribution is -2.23. The van der Waals surface area contributed by atoms with Crippen LogP contribution in [0.4, 0.5) is 0 Å². The summed E-state index contributed by atoms with van der Waals surface area (Å²) < 4.78 is 12.5. The van der Waals surface area contributed by atoms with Gasteiger partial charge < -0.3 is 19.2 Å². The molecule has 0 spiro atoms. The van der Waals surface area contributed by atoms with Gasteiger partial charge in [-0.25, -0.2) is 4.98 Å². The summed E-state index contributed by atoms with van der Waals surface area (Å²) in [5.74, 6) is 1.11. The average Bonchev–Trinajstić information content (AvgIpc) is 3.15. The molecule has 6 heteroatoms. The second-order valence-electron chi connectivity index (χ2n) is 5.32. The quantitative estimate of drug-likeness (QED) is 0.806. The number of nitrogens with one attached hydrogen (secondary N) is 1. The molecule has 0 saturated heterocycles. The van der Waals surface area contributed by atoms with Gasteiger partial charge >= 0.3 is 0 Å². The van der Waals surface area contributed by atoms with Gasteiger partial charge in [-0.05, 0) is 37.3 Å². The molecule has 0 bridgehead atoms. The fourth-order valence-corrected chi connectivity index (χ4v) is 2.68. The van der Waals surface area contributed by atoms with Crippen molar-refractivity contribution >= 4 is 11.6 Å². The van der Waals surface area contributed by atoms with Crippen molar-refractivity contribution in [1.29, 1.82) is 0 Å². The summed E-state index contributed by atoms with van der Waals surface area (Å²) in [6, 6.07) is 11.0. The van der Waals surface area contributed by atoms with Crippen LogP contribution >= 0.6 is 0 Å². The van der Waals surface area contributed by atoms with E-state index in [1.54, 1.807) is 18.2 Å². The molecule has 4 rings (SSSR count). The summed E-state index contributed by atoms with van der Waals surface area (Å²) in [4.78, 5) is 16.8. The Morgan fingerprint density at radius 1 is 1.26 bits per heavy atom. The lowest BCUT2D eigenvalue weighted by atomic mass is 10.2. The summed E-state index contributed by atoms with van der Waals surface area (Å²) in [5.41, 5.74) is 3.29. The van der Waals surface area contributed by atoms with Crippen molar-refractivity contribution in [3.05, 3.63) is 59.5 Å². The number of nitrogens with zero attached hydrogens (tertiary/aromatic N) is 2. The van der Waals surface area contributed by atoms with Gasteiger partial charge in [-0.15, -0.1) is 0 Å². The van der Waals surface area contributed by atoms with E-state index in [4.69, 9.17) is 9.47 Å². The molecule has 116 valence electrons. The fourth-order valence-electron chi connectivity index (χ4n) is 2.68. The van der Waals surface area contributed by atoms with Gasteiger partial charge in [-0.3, -0.25) is 4.79 Å². The minimum atomic E-state index is -0.159. The first-order valence-corrected chi connectivity index (χ1v) is 7.33. The SMILES string of the molecule is Cc1nc2ccccn2c1CNC(=O)c1ccc2c(c1)OCO2. The monoisotopic (exact) mass is 309 g/mol. The van der Waals surface area contributed by atoms with Crippen LogP contribution < -0.4 is 14.8 Å². The Hall–Kier alpha value is -3.02. The van der Waals surface area contributed by atoms with E-state index in [1.807, 2.05) is 35.7 Å². The Kier molecular flexibility index (Phi) is 3.15. The van der Waals surface area contributed by atoms with Crippen LogP contribution in [0.1, 0.15) is 21.7 Å². The highest BCUT2D eigenvalue weighted by atomic mass is 16.7. The van der Waals surface area contributed by atoms with Gasteiger partial charge in [0.25, 0.3) is 5.91 Å². The molecule has 1 aromatic carbocycles. The molecular weight excluding hydrogens is 294 g/mol. The van der Waals surface area contributed by atoms with Crippen molar-refractivity contribution < 1.29 is 14.3 Å². The van der Waals surface area contributed by atoms with Crippen molar-refractivity contribution in [2.75, 3.05) is 6.79 Å². The zero-order chi connectivity index (χ0) is 15.8. The number of carbonyl (C=O) groups is 1. The maximum absolute atomic E-state index is 12.3. The summed E-state index contributed by atoms with van der Waals surface area (Å²) >= 11 is 0. The normalized spacial score (nSPS) is 12.6. The van der Waals surface area contributed by atoms with E-state index < -0.39 is 0 Å². The molecule has 3 heterocycles. The number of rotatable bonds is 3. The second kappa shape index (κ2) is 5.31. The molecule has 2 aromatic heterocycles. The highest BCUT2D eigenvalue weighted by Crippen LogP contribution is 2.32. The van der Waals surface area contributed by atoms with Crippen molar-refractivity contribution in [1.82, 2.24) is 14.7 Å². The number of benzene rings is 1. The molecule has 0 aliphatic carbocycles. The van der Waals surface area contributed by atoms with E-state index in [-0.39, 0.29) is 12.7 Å². The van der Waals surface area contributed by atoms with Crippen LogP contribution in [0.3, 0.4) is 0 Å². The van der Waals surface area contributed by atoms with Crippen molar-refractivity contribution in [2.45, 2.75) is 13.5 Å². The second-order valence-corrected chi connectivity index (χ2v) is 5.32. The Bertz CT molecular complexity index is 901. The zero-order valence-corrected chi connectivity index (χ0v) is 12.6. The lowest BCUT2D eigenvalue weighted by molar-refractivity contribution is 0.0950. The minimum absolute atomic E-state index is 0.159. The Morgan fingerprint density at radius 3 is 3.04 bits per heavy atom. The smallest absolute Gasteiger partial charge is 0.251 e. The van der Waals surface area contributed by atoms with E-state index in [9.17, 15) is 4.79 Å². The molecule has 23 heavy (non-hydrogen) atoms. The number of aromatic nitrogens is 2. The summed E-state index contributed by atoms with van der Waals surface area (Å²) in [5, 5.41) is 2.93. The molecule has 1 aliphatic heterocycles. The van der Waals surface area contributed by atoms with E-state index in [1.165, 1.54) is 0 Å². The lowest BCUT2D eigenvalue weighted by Gasteiger charge is -2.07. The average molecular weight is 309 g/mol. The van der Waals surface area contributed by atoms with Crippen LogP contribution in [-0.4, -0.2) is 22.1 Å². The number of imidazole rings is 1. The van der Waals surface area contributed by atoms with Gasteiger partial charge in [-0.1, -0.05) is 6.07 Å². The molecule has 1 N–H and O–H groups in total. The predicted molar refractivity (Wildman–Crippen MR) is 83.7 cm³/mol. The first-order valence-electron chi connectivity index (χ1n) is 7.33. The number of carbonyl (C=O) groups excluding carboxylic acids is 1. The van der Waals surface area contributed by atoms with Crippen LogP contribution in [-0.2, 0) is 6.54 Å². The fraction of sp³-hybridized carbons (Fsp3) is 0.176. The van der Waals surface area contributed by atoms with Gasteiger partial charge in [0.05, 0.1) is 17.9 Å². The van der Waals surface area contributed by atoms with Crippen LogP contribution in [0.25, 0.3) is 5.65 Å². The van der Waals surface area contributed by atoms with Crippen LogP contribution in [0.5, 0.6) is 11.5 Å². The number of pyridine rings is 1. The number of hydrogen-bond acceptors (Lipinski definition) is 4. The minimum Gasteiger partial charge on any atom is -0.454 e. The van der Waals surface area contributed by atoms with Crippen LogP contribution in [0.15, 0.2) is 42.6 Å². The largest absolute Gasteiger partial charge is 0.454 e. The third-order valence-corrected chi connectivity index (χ3v) is 3.88. The van der Waals surface area contributed by atoms with Gasteiger partial charge in [0.15, 0.2) is 11.5 Å². The van der Waals surface area contributed by atoms with Gasteiger partial charge in [-0.2, -0.15) is 0 Å². The molecule has 0 atom stereocenters. The van der Waals surface area contributed by atoms with E-state index in [0.29, 0.717) is 23.6 Å². The van der Waals surface area contributed by atoms with Crippen LogP contribution in [0.2, 0.25) is 0 Å². The van der Waals surface area contributed by atoms with Crippen LogP contribution in [0, 0.1) is 6.92 Å². The molecule has 1 amide bonds. The Morgan fingerprint density at radius 2 is 2.13 bits per heavy atom. The van der Waals surface area contributed by atoms with Gasteiger partial charge in [0.2, 0.25) is 6.79 Å². The third-order valence-electron chi connectivity index (χ3n) is 3.88. The van der Waals surface area contributed by atoms with E-state index >= 15 is 0 Å². The number of ether oxygens (including phenoxy) is 2. The van der Waals surface area contributed by atoms with Gasteiger partial charge in [0, 0.05) is 11.8 Å². The molecule has 3 aromatic rings. The first-order chi connectivity index (χ1) is 11.2.